The molecule has 0 aliphatic heterocycles. The van der Waals surface area contributed by atoms with Gasteiger partial charge in [-0.25, -0.2) is 9.97 Å². The number of aromatic nitrogens is 2. The van der Waals surface area contributed by atoms with Crippen molar-refractivity contribution in [2.45, 2.75) is 45.4 Å². The fourth-order valence-electron chi connectivity index (χ4n) is 3.08. The van der Waals surface area contributed by atoms with E-state index in [-0.39, 0.29) is 6.42 Å². The smallest absolute Gasteiger partial charge is 0.308 e. The van der Waals surface area contributed by atoms with Gasteiger partial charge in [-0.1, -0.05) is 49.2 Å². The van der Waals surface area contributed by atoms with Gasteiger partial charge in [0.2, 0.25) is 5.88 Å². The third-order valence-electron chi connectivity index (χ3n) is 4.64. The first kappa shape index (κ1) is 23.5. The summed E-state index contributed by atoms with van der Waals surface area (Å²) in [6.07, 6.45) is 3.69. The number of hydrogen-bond acceptors (Lipinski definition) is 5. The Bertz CT molecular complexity index is 1050. The summed E-state index contributed by atoms with van der Waals surface area (Å²) in [7, 11) is 0. The topological polar surface area (TPSA) is 72.3 Å². The summed E-state index contributed by atoms with van der Waals surface area (Å²) >= 11 is 14.1. The van der Waals surface area contributed by atoms with E-state index < -0.39 is 5.97 Å². The minimum absolute atomic E-state index is 0.112. The molecule has 2 heterocycles. The number of thiazole rings is 1. The van der Waals surface area contributed by atoms with Gasteiger partial charge >= 0.3 is 5.97 Å². The number of carboxylic acids is 1. The molecule has 0 radical (unpaired) electrons. The van der Waals surface area contributed by atoms with Crippen LogP contribution in [0.15, 0.2) is 36.5 Å². The lowest BCUT2D eigenvalue weighted by atomic mass is 10.1. The first-order valence-corrected chi connectivity index (χ1v) is 11.6. The molecule has 1 aromatic carbocycles. The minimum Gasteiger partial charge on any atom is -0.481 e. The van der Waals surface area contributed by atoms with Gasteiger partial charge in [0, 0.05) is 39.0 Å². The summed E-state index contributed by atoms with van der Waals surface area (Å²) < 4.78 is 5.77. The zero-order valence-corrected chi connectivity index (χ0v) is 19.7. The number of benzene rings is 1. The van der Waals surface area contributed by atoms with Crippen molar-refractivity contribution < 1.29 is 14.6 Å². The van der Waals surface area contributed by atoms with Crippen LogP contribution in [0.4, 0.5) is 0 Å². The highest BCUT2D eigenvalue weighted by Gasteiger charge is 2.16. The van der Waals surface area contributed by atoms with Crippen LogP contribution in [-0.4, -0.2) is 27.7 Å². The summed E-state index contributed by atoms with van der Waals surface area (Å²) in [6, 6.07) is 9.00. The zero-order valence-electron chi connectivity index (χ0n) is 17.4. The summed E-state index contributed by atoms with van der Waals surface area (Å²) in [4.78, 5) is 21.2. The largest absolute Gasteiger partial charge is 0.481 e. The quantitative estimate of drug-likeness (QED) is 0.351. The molecule has 2 aromatic heterocycles. The summed E-state index contributed by atoms with van der Waals surface area (Å²) in [5.74, 6) is -0.187. The van der Waals surface area contributed by atoms with Crippen molar-refractivity contribution in [3.63, 3.8) is 0 Å². The van der Waals surface area contributed by atoms with E-state index in [0.717, 1.165) is 29.1 Å². The number of carbonyl (C=O) groups is 1. The second-order valence-electron chi connectivity index (χ2n) is 7.48. The van der Waals surface area contributed by atoms with Gasteiger partial charge in [0.1, 0.15) is 0 Å². The number of carboxylic acid groups (broad SMARTS) is 1. The maximum absolute atomic E-state index is 11.0. The van der Waals surface area contributed by atoms with E-state index in [1.165, 1.54) is 4.88 Å². The molecule has 0 saturated carbocycles. The Morgan fingerprint density at radius 1 is 1.23 bits per heavy atom. The van der Waals surface area contributed by atoms with Gasteiger partial charge in [-0.05, 0) is 36.6 Å². The van der Waals surface area contributed by atoms with E-state index in [1.54, 1.807) is 35.7 Å². The highest BCUT2D eigenvalue weighted by atomic mass is 35.5. The predicted octanol–water partition coefficient (Wildman–Crippen LogP) is 6.20. The van der Waals surface area contributed by atoms with E-state index in [1.807, 2.05) is 12.1 Å². The van der Waals surface area contributed by atoms with Crippen molar-refractivity contribution in [2.75, 3.05) is 6.61 Å². The average molecular weight is 479 g/mol. The number of nitrogens with zero attached hydrogens (tertiary/aromatic N) is 2. The van der Waals surface area contributed by atoms with E-state index in [4.69, 9.17) is 38.0 Å². The van der Waals surface area contributed by atoms with E-state index >= 15 is 0 Å². The monoisotopic (exact) mass is 478 g/mol. The number of aliphatic carboxylic acids is 1. The summed E-state index contributed by atoms with van der Waals surface area (Å²) in [5.41, 5.74) is 2.65. The number of halogens is 2. The Hall–Kier alpha value is -2.15. The molecule has 0 unspecified atom stereocenters. The van der Waals surface area contributed by atoms with Crippen molar-refractivity contribution >= 4 is 40.5 Å². The van der Waals surface area contributed by atoms with Crippen molar-refractivity contribution in [3.05, 3.63) is 73.3 Å². The number of pyridine rings is 1. The Morgan fingerprint density at radius 3 is 2.74 bits per heavy atom. The van der Waals surface area contributed by atoms with Crippen molar-refractivity contribution in [2.24, 2.45) is 0 Å². The molecule has 1 N–H and O–H groups in total. The molecule has 3 aromatic rings. The van der Waals surface area contributed by atoms with E-state index in [2.05, 4.69) is 18.8 Å². The van der Waals surface area contributed by atoms with Gasteiger partial charge < -0.3 is 9.84 Å². The molecule has 0 fully saturated rings. The fraction of sp³-hybridized carbons (Fsp3) is 0.348. The Morgan fingerprint density at radius 2 is 2.03 bits per heavy atom. The number of hydrogen-bond donors (Lipinski definition) is 1. The molecule has 0 amide bonds. The van der Waals surface area contributed by atoms with Gasteiger partial charge in [0.05, 0.1) is 23.7 Å². The van der Waals surface area contributed by atoms with Crippen LogP contribution in [0, 0.1) is 0 Å². The van der Waals surface area contributed by atoms with Crippen LogP contribution >= 0.6 is 34.5 Å². The van der Waals surface area contributed by atoms with Gasteiger partial charge in [-0.3, -0.25) is 4.79 Å². The lowest BCUT2D eigenvalue weighted by Crippen LogP contribution is -2.07. The maximum atomic E-state index is 11.0. The first-order chi connectivity index (χ1) is 14.8. The van der Waals surface area contributed by atoms with Crippen molar-refractivity contribution in [1.29, 1.82) is 0 Å². The normalized spacial score (nSPS) is 11.1. The van der Waals surface area contributed by atoms with Crippen LogP contribution in [0.3, 0.4) is 0 Å². The second kappa shape index (κ2) is 10.9. The molecule has 164 valence electrons. The van der Waals surface area contributed by atoms with Gasteiger partial charge in [0.25, 0.3) is 0 Å². The molecule has 8 heteroatoms. The van der Waals surface area contributed by atoms with Crippen molar-refractivity contribution in [1.82, 2.24) is 9.97 Å². The fourth-order valence-corrected chi connectivity index (χ4v) is 4.69. The van der Waals surface area contributed by atoms with Gasteiger partial charge in [0.15, 0.2) is 0 Å². The van der Waals surface area contributed by atoms with Gasteiger partial charge in [-0.15, -0.1) is 11.3 Å². The van der Waals surface area contributed by atoms with E-state index in [0.29, 0.717) is 40.4 Å². The van der Waals surface area contributed by atoms with Crippen LogP contribution in [0.2, 0.25) is 10.0 Å². The Labute approximate surface area is 196 Å². The highest BCUT2D eigenvalue weighted by molar-refractivity contribution is 7.11. The first-order valence-electron chi connectivity index (χ1n) is 10.0. The molecular formula is C23H24Cl2N2O3S. The average Bonchev–Trinajstić information content (AvgIpc) is 3.11. The molecule has 0 atom stereocenters. The van der Waals surface area contributed by atoms with Gasteiger partial charge in [-0.2, -0.15) is 0 Å². The molecule has 0 bridgehead atoms. The molecule has 0 aliphatic rings. The number of aryl methyl sites for hydroxylation is 1. The van der Waals surface area contributed by atoms with Crippen LogP contribution in [0.25, 0.3) is 0 Å². The van der Waals surface area contributed by atoms with Crippen LogP contribution in [0.1, 0.15) is 52.9 Å². The molecule has 31 heavy (non-hydrogen) atoms. The zero-order chi connectivity index (χ0) is 22.4. The molecule has 0 saturated heterocycles. The molecule has 0 aliphatic carbocycles. The summed E-state index contributed by atoms with van der Waals surface area (Å²) in [6.45, 7) is 4.70. The van der Waals surface area contributed by atoms with E-state index in [9.17, 15) is 4.79 Å². The SMILES string of the molecule is CC(C)c1nc(CCCOc2ncccc2CC(=O)O)c(Cc2ccc(Cl)cc2Cl)s1. The molecular weight excluding hydrogens is 455 g/mol. The maximum Gasteiger partial charge on any atom is 0.308 e. The molecule has 5 nitrogen and oxygen atoms in total. The number of rotatable bonds is 10. The third-order valence-corrected chi connectivity index (χ3v) is 6.63. The highest BCUT2D eigenvalue weighted by Crippen LogP contribution is 2.31. The standard InChI is InChI=1S/C23H24Cl2N2O3S/c1-14(2)23-27-19(20(31-23)11-15-7-8-17(24)13-18(15)25)6-4-10-30-22-16(12-21(28)29)5-3-9-26-22/h3,5,7-9,13-14H,4,6,10-12H2,1-2H3,(H,28,29). The van der Waals surface area contributed by atoms with Crippen LogP contribution in [0.5, 0.6) is 5.88 Å². The summed E-state index contributed by atoms with van der Waals surface area (Å²) in [5, 5.41) is 11.4. The molecule has 3 rings (SSSR count). The lowest BCUT2D eigenvalue weighted by Gasteiger charge is -2.09. The van der Waals surface area contributed by atoms with Crippen LogP contribution in [-0.2, 0) is 24.1 Å². The molecule has 0 spiro atoms. The minimum atomic E-state index is -0.910. The van der Waals surface area contributed by atoms with Crippen LogP contribution < -0.4 is 4.74 Å². The number of ether oxygens (including phenoxy) is 1. The second-order valence-corrected chi connectivity index (χ2v) is 9.44. The van der Waals surface area contributed by atoms with Crippen molar-refractivity contribution in [3.8, 4) is 5.88 Å². The predicted molar refractivity (Wildman–Crippen MR) is 125 cm³/mol. The third kappa shape index (κ3) is 6.66. The lowest BCUT2D eigenvalue weighted by molar-refractivity contribution is -0.136. The Kier molecular flexibility index (Phi) is 8.29. The Balaban J connectivity index is 1.67.